The Morgan fingerprint density at radius 1 is 0.781 bits per heavy atom. The van der Waals surface area contributed by atoms with E-state index in [0.717, 1.165) is 31.6 Å². The summed E-state index contributed by atoms with van der Waals surface area (Å²) in [4.78, 5) is 11.4. The first kappa shape index (κ1) is 26.0. The summed E-state index contributed by atoms with van der Waals surface area (Å²) >= 11 is 0. The first-order chi connectivity index (χ1) is 15.6. The van der Waals surface area contributed by atoms with Crippen LogP contribution in [0.25, 0.3) is 11.1 Å². The van der Waals surface area contributed by atoms with Gasteiger partial charge in [-0.1, -0.05) is 95.2 Å². The molecule has 1 unspecified atom stereocenters. The van der Waals surface area contributed by atoms with Gasteiger partial charge in [-0.2, -0.15) is 0 Å². The van der Waals surface area contributed by atoms with Gasteiger partial charge in [0.1, 0.15) is 5.75 Å². The van der Waals surface area contributed by atoms with Crippen LogP contribution in [0.2, 0.25) is 0 Å². The van der Waals surface area contributed by atoms with Crippen molar-refractivity contribution in [3.8, 4) is 16.9 Å². The van der Waals surface area contributed by atoms with E-state index in [2.05, 4.69) is 55.5 Å². The smallest absolute Gasteiger partial charge is 0.305 e. The van der Waals surface area contributed by atoms with Gasteiger partial charge in [0, 0.05) is 6.42 Å². The van der Waals surface area contributed by atoms with E-state index >= 15 is 0 Å². The lowest BCUT2D eigenvalue weighted by Gasteiger charge is -2.12. The highest BCUT2D eigenvalue weighted by atomic mass is 16.5. The third kappa shape index (κ3) is 10.3. The number of carbonyl (C=O) groups excluding carboxylic acids is 1. The summed E-state index contributed by atoms with van der Waals surface area (Å²) in [7, 11) is 0. The molecule has 0 spiro atoms. The van der Waals surface area contributed by atoms with E-state index < -0.39 is 0 Å². The molecule has 2 rings (SSSR count). The molecule has 0 N–H and O–H groups in total. The lowest BCUT2D eigenvalue weighted by molar-refractivity contribution is -0.148. The maximum Gasteiger partial charge on any atom is 0.305 e. The van der Waals surface area contributed by atoms with Crippen LogP contribution < -0.4 is 4.74 Å². The van der Waals surface area contributed by atoms with E-state index in [1.54, 1.807) is 0 Å². The Hall–Kier alpha value is -2.29. The number of hydrogen-bond acceptors (Lipinski definition) is 3. The van der Waals surface area contributed by atoms with Gasteiger partial charge in [0.25, 0.3) is 0 Å². The molecule has 0 fully saturated rings. The minimum atomic E-state index is -0.127. The molecule has 0 saturated heterocycles. The fourth-order valence-electron chi connectivity index (χ4n) is 3.77. The summed E-state index contributed by atoms with van der Waals surface area (Å²) in [5.74, 6) is 0.821. The van der Waals surface area contributed by atoms with Crippen molar-refractivity contribution in [2.75, 3.05) is 6.61 Å². The Bertz CT molecular complexity index is 749. The van der Waals surface area contributed by atoms with Crippen LogP contribution in [-0.4, -0.2) is 18.7 Å². The highest BCUT2D eigenvalue weighted by molar-refractivity contribution is 5.69. The van der Waals surface area contributed by atoms with Crippen LogP contribution >= 0.6 is 0 Å². The summed E-state index contributed by atoms with van der Waals surface area (Å²) in [6.45, 7) is 6.85. The number of rotatable bonds is 16. The SMILES string of the molecule is CCCCCCCCCCOc1ccc(-c2ccc(CCC(C)OC(=O)CC)cc2)cc1. The van der Waals surface area contributed by atoms with Crippen molar-refractivity contribution < 1.29 is 14.3 Å². The topological polar surface area (TPSA) is 35.5 Å². The van der Waals surface area contributed by atoms with E-state index in [9.17, 15) is 4.79 Å². The van der Waals surface area contributed by atoms with Crippen LogP contribution in [0.15, 0.2) is 48.5 Å². The third-order valence-electron chi connectivity index (χ3n) is 5.87. The molecular formula is C29H42O3. The normalized spacial score (nSPS) is 11.8. The zero-order valence-corrected chi connectivity index (χ0v) is 20.4. The zero-order chi connectivity index (χ0) is 23.0. The van der Waals surface area contributed by atoms with Crippen LogP contribution in [0, 0.1) is 0 Å². The van der Waals surface area contributed by atoms with E-state index in [-0.39, 0.29) is 12.1 Å². The van der Waals surface area contributed by atoms with E-state index in [4.69, 9.17) is 9.47 Å². The van der Waals surface area contributed by atoms with Crippen LogP contribution in [0.3, 0.4) is 0 Å². The van der Waals surface area contributed by atoms with Crippen molar-refractivity contribution >= 4 is 5.97 Å². The highest BCUT2D eigenvalue weighted by Gasteiger charge is 2.08. The zero-order valence-electron chi connectivity index (χ0n) is 20.4. The van der Waals surface area contributed by atoms with Gasteiger partial charge in [-0.3, -0.25) is 4.79 Å². The van der Waals surface area contributed by atoms with Gasteiger partial charge in [-0.05, 0) is 55.0 Å². The molecule has 1 atom stereocenters. The quantitative estimate of drug-likeness (QED) is 0.196. The van der Waals surface area contributed by atoms with Crippen molar-refractivity contribution in [1.29, 1.82) is 0 Å². The van der Waals surface area contributed by atoms with Gasteiger partial charge < -0.3 is 9.47 Å². The summed E-state index contributed by atoms with van der Waals surface area (Å²) < 4.78 is 11.3. The number of benzene rings is 2. The van der Waals surface area contributed by atoms with Crippen molar-refractivity contribution in [2.45, 2.75) is 97.5 Å². The van der Waals surface area contributed by atoms with Gasteiger partial charge in [-0.15, -0.1) is 0 Å². The van der Waals surface area contributed by atoms with Gasteiger partial charge in [-0.25, -0.2) is 0 Å². The maximum absolute atomic E-state index is 11.4. The Kier molecular flexibility index (Phi) is 12.6. The Balaban J connectivity index is 1.68. The second-order valence-electron chi connectivity index (χ2n) is 8.74. The lowest BCUT2D eigenvalue weighted by Crippen LogP contribution is -2.14. The van der Waals surface area contributed by atoms with E-state index in [1.165, 1.54) is 61.6 Å². The molecule has 3 nitrogen and oxygen atoms in total. The van der Waals surface area contributed by atoms with Gasteiger partial charge in [0.2, 0.25) is 0 Å². The summed E-state index contributed by atoms with van der Waals surface area (Å²) in [6.07, 6.45) is 12.7. The molecule has 0 radical (unpaired) electrons. The maximum atomic E-state index is 11.4. The fraction of sp³-hybridized carbons (Fsp3) is 0.552. The average molecular weight is 439 g/mol. The first-order valence-electron chi connectivity index (χ1n) is 12.6. The van der Waals surface area contributed by atoms with E-state index in [0.29, 0.717) is 6.42 Å². The molecule has 0 aliphatic carbocycles. The van der Waals surface area contributed by atoms with E-state index in [1.807, 2.05) is 13.8 Å². The second-order valence-corrected chi connectivity index (χ2v) is 8.74. The van der Waals surface area contributed by atoms with Crippen LogP contribution in [0.4, 0.5) is 0 Å². The summed E-state index contributed by atoms with van der Waals surface area (Å²) in [5, 5.41) is 0. The molecule has 0 saturated carbocycles. The number of unbranched alkanes of at least 4 members (excludes halogenated alkanes) is 7. The van der Waals surface area contributed by atoms with Crippen LogP contribution in [-0.2, 0) is 16.0 Å². The number of aryl methyl sites for hydroxylation is 1. The standard InChI is InChI=1S/C29H42O3/c1-4-6-7-8-9-10-11-12-23-31-28-21-19-27(20-22-28)26-17-15-25(16-18-26)14-13-24(3)32-29(30)5-2/h15-22,24H,4-14,23H2,1-3H3. The molecule has 0 aromatic heterocycles. The lowest BCUT2D eigenvalue weighted by atomic mass is 10.0. The molecule has 0 aliphatic heterocycles. The molecule has 2 aromatic rings. The van der Waals surface area contributed by atoms with Gasteiger partial charge in [0.15, 0.2) is 0 Å². The molecular weight excluding hydrogens is 396 g/mol. The van der Waals surface area contributed by atoms with Crippen molar-refractivity contribution in [1.82, 2.24) is 0 Å². The summed E-state index contributed by atoms with van der Waals surface area (Å²) in [6, 6.07) is 17.0. The largest absolute Gasteiger partial charge is 0.494 e. The number of hydrogen-bond donors (Lipinski definition) is 0. The third-order valence-corrected chi connectivity index (χ3v) is 5.87. The molecule has 0 heterocycles. The van der Waals surface area contributed by atoms with Gasteiger partial charge >= 0.3 is 5.97 Å². The number of ether oxygens (including phenoxy) is 2. The number of carbonyl (C=O) groups is 1. The van der Waals surface area contributed by atoms with Crippen molar-refractivity contribution in [3.05, 3.63) is 54.1 Å². The highest BCUT2D eigenvalue weighted by Crippen LogP contribution is 2.23. The first-order valence-corrected chi connectivity index (χ1v) is 12.6. The minimum absolute atomic E-state index is 0.0412. The molecule has 176 valence electrons. The van der Waals surface area contributed by atoms with Gasteiger partial charge in [0.05, 0.1) is 12.7 Å². The van der Waals surface area contributed by atoms with Crippen LogP contribution in [0.5, 0.6) is 5.75 Å². The number of esters is 1. The summed E-state index contributed by atoms with van der Waals surface area (Å²) in [5.41, 5.74) is 3.66. The van der Waals surface area contributed by atoms with Crippen LogP contribution in [0.1, 0.15) is 90.5 Å². The van der Waals surface area contributed by atoms with Crippen molar-refractivity contribution in [2.24, 2.45) is 0 Å². The Labute approximate surface area is 195 Å². The molecule has 32 heavy (non-hydrogen) atoms. The molecule has 0 aliphatic rings. The van der Waals surface area contributed by atoms with Crippen molar-refractivity contribution in [3.63, 3.8) is 0 Å². The minimum Gasteiger partial charge on any atom is -0.494 e. The predicted molar refractivity (Wildman–Crippen MR) is 134 cm³/mol. The monoisotopic (exact) mass is 438 g/mol. The molecule has 0 bridgehead atoms. The molecule has 2 aromatic carbocycles. The molecule has 0 amide bonds. The Morgan fingerprint density at radius 3 is 1.94 bits per heavy atom. The second kappa shape index (κ2) is 15.5. The average Bonchev–Trinajstić information content (AvgIpc) is 2.82. The molecule has 3 heteroatoms. The Morgan fingerprint density at radius 2 is 1.34 bits per heavy atom. The predicted octanol–water partition coefficient (Wildman–Crippen LogP) is 8.15. The fourth-order valence-corrected chi connectivity index (χ4v) is 3.77.